The second-order valence-electron chi connectivity index (χ2n) is 10.7. The zero-order valence-corrected chi connectivity index (χ0v) is 24.6. The molecule has 0 fully saturated rings. The molecule has 0 saturated heterocycles. The van der Waals surface area contributed by atoms with E-state index in [0.29, 0.717) is 36.3 Å². The van der Waals surface area contributed by atoms with Crippen LogP contribution in [0.1, 0.15) is 44.8 Å². The zero-order valence-electron chi connectivity index (χ0n) is 24.6. The van der Waals surface area contributed by atoms with Gasteiger partial charge in [0.2, 0.25) is 5.91 Å². The number of pyridine rings is 1. The number of fused-ring (bicyclic) bond motifs is 1. The van der Waals surface area contributed by atoms with E-state index in [0.717, 1.165) is 33.6 Å². The fourth-order valence-electron chi connectivity index (χ4n) is 5.49. The SMILES string of the molecule is O=C(CC1=CCCN(C(=O)c2ccc(NC(=O)c3ccccc3-c3ccccc3)cc2)c2ccccc21)NCc1ccccn1. The number of carbonyl (C=O) groups excluding carboxylic acids is 3. The topological polar surface area (TPSA) is 91.4 Å². The molecular formula is C38H32N4O3. The first kappa shape index (κ1) is 29.3. The Balaban J connectivity index is 1.14. The Morgan fingerprint density at radius 1 is 0.733 bits per heavy atom. The molecule has 2 heterocycles. The van der Waals surface area contributed by atoms with E-state index in [1.54, 1.807) is 41.4 Å². The second-order valence-corrected chi connectivity index (χ2v) is 10.7. The quantitative estimate of drug-likeness (QED) is 0.200. The Bertz CT molecular complexity index is 1850. The van der Waals surface area contributed by atoms with Crippen LogP contribution < -0.4 is 15.5 Å². The Hall–Kier alpha value is -5.82. The minimum absolute atomic E-state index is 0.106. The first-order valence-electron chi connectivity index (χ1n) is 14.9. The maximum absolute atomic E-state index is 13.8. The van der Waals surface area contributed by atoms with E-state index in [9.17, 15) is 14.4 Å². The van der Waals surface area contributed by atoms with Crippen molar-refractivity contribution in [2.24, 2.45) is 0 Å². The molecule has 1 aliphatic heterocycles. The van der Waals surface area contributed by atoms with Crippen molar-refractivity contribution in [3.8, 4) is 11.1 Å². The van der Waals surface area contributed by atoms with E-state index in [4.69, 9.17) is 0 Å². The number of benzene rings is 4. The summed E-state index contributed by atoms with van der Waals surface area (Å²) in [4.78, 5) is 45.9. The molecule has 1 aliphatic rings. The number of hydrogen-bond acceptors (Lipinski definition) is 4. The summed E-state index contributed by atoms with van der Waals surface area (Å²) in [7, 11) is 0. The minimum atomic E-state index is -0.224. The molecule has 7 heteroatoms. The average Bonchev–Trinajstić information content (AvgIpc) is 3.27. The molecule has 6 rings (SSSR count). The summed E-state index contributed by atoms with van der Waals surface area (Å²) in [6, 6.07) is 37.5. The highest BCUT2D eigenvalue weighted by molar-refractivity contribution is 6.10. The van der Waals surface area contributed by atoms with Gasteiger partial charge in [0.05, 0.1) is 24.3 Å². The maximum atomic E-state index is 13.8. The largest absolute Gasteiger partial charge is 0.350 e. The third kappa shape index (κ3) is 6.89. The van der Waals surface area contributed by atoms with Crippen molar-refractivity contribution in [2.75, 3.05) is 16.8 Å². The van der Waals surface area contributed by atoms with Crippen LogP contribution in [-0.2, 0) is 11.3 Å². The lowest BCUT2D eigenvalue weighted by Crippen LogP contribution is -2.31. The molecular weight excluding hydrogens is 560 g/mol. The molecule has 1 aromatic heterocycles. The fraction of sp³-hybridized carbons (Fsp3) is 0.105. The molecule has 45 heavy (non-hydrogen) atoms. The van der Waals surface area contributed by atoms with Gasteiger partial charge in [-0.2, -0.15) is 0 Å². The Morgan fingerprint density at radius 3 is 2.22 bits per heavy atom. The highest BCUT2D eigenvalue weighted by atomic mass is 16.2. The highest BCUT2D eigenvalue weighted by Gasteiger charge is 2.24. The van der Waals surface area contributed by atoms with E-state index < -0.39 is 0 Å². The number of para-hydroxylation sites is 1. The third-order valence-corrected chi connectivity index (χ3v) is 7.72. The van der Waals surface area contributed by atoms with Crippen LogP contribution in [0.2, 0.25) is 0 Å². The van der Waals surface area contributed by atoms with Crippen LogP contribution in [-0.4, -0.2) is 29.3 Å². The fourth-order valence-corrected chi connectivity index (χ4v) is 5.49. The van der Waals surface area contributed by atoms with Crippen molar-refractivity contribution in [1.29, 1.82) is 0 Å². The summed E-state index contributed by atoms with van der Waals surface area (Å²) in [6.07, 6.45) is 4.55. The van der Waals surface area contributed by atoms with Crippen LogP contribution in [0, 0.1) is 0 Å². The lowest BCUT2D eigenvalue weighted by molar-refractivity contribution is -0.120. The summed E-state index contributed by atoms with van der Waals surface area (Å²) >= 11 is 0. The molecule has 0 radical (unpaired) electrons. The predicted molar refractivity (Wildman–Crippen MR) is 178 cm³/mol. The first-order valence-corrected chi connectivity index (χ1v) is 14.9. The number of aromatic nitrogens is 1. The smallest absolute Gasteiger partial charge is 0.258 e. The molecule has 0 bridgehead atoms. The Labute approximate surface area is 262 Å². The molecule has 222 valence electrons. The molecule has 0 aliphatic carbocycles. The molecule has 0 unspecified atom stereocenters. The molecule has 4 aromatic carbocycles. The lowest BCUT2D eigenvalue weighted by atomic mass is 9.99. The summed E-state index contributed by atoms with van der Waals surface area (Å²) in [5, 5.41) is 5.92. The van der Waals surface area contributed by atoms with E-state index in [-0.39, 0.29) is 24.1 Å². The van der Waals surface area contributed by atoms with Crippen LogP contribution in [0.5, 0.6) is 0 Å². The van der Waals surface area contributed by atoms with Crippen molar-refractivity contribution < 1.29 is 14.4 Å². The van der Waals surface area contributed by atoms with Crippen LogP contribution >= 0.6 is 0 Å². The van der Waals surface area contributed by atoms with Crippen molar-refractivity contribution in [1.82, 2.24) is 10.3 Å². The van der Waals surface area contributed by atoms with Gasteiger partial charge in [-0.15, -0.1) is 0 Å². The van der Waals surface area contributed by atoms with Crippen LogP contribution in [0.3, 0.4) is 0 Å². The number of nitrogens with zero attached hydrogens (tertiary/aromatic N) is 2. The normalized spacial score (nSPS) is 12.4. The van der Waals surface area contributed by atoms with Gasteiger partial charge in [-0.3, -0.25) is 19.4 Å². The van der Waals surface area contributed by atoms with Gasteiger partial charge < -0.3 is 15.5 Å². The van der Waals surface area contributed by atoms with Gasteiger partial charge in [-0.1, -0.05) is 78.9 Å². The molecule has 0 spiro atoms. The van der Waals surface area contributed by atoms with Crippen LogP contribution in [0.15, 0.2) is 134 Å². The van der Waals surface area contributed by atoms with Gasteiger partial charge >= 0.3 is 0 Å². The number of carbonyl (C=O) groups is 3. The third-order valence-electron chi connectivity index (χ3n) is 7.72. The molecule has 2 N–H and O–H groups in total. The second kappa shape index (κ2) is 13.7. The van der Waals surface area contributed by atoms with Crippen molar-refractivity contribution in [3.05, 3.63) is 156 Å². The average molecular weight is 593 g/mol. The Kier molecular flexibility index (Phi) is 8.88. The van der Waals surface area contributed by atoms with Gasteiger partial charge in [0.15, 0.2) is 0 Å². The van der Waals surface area contributed by atoms with E-state index in [1.807, 2.05) is 97.1 Å². The molecule has 0 atom stereocenters. The van der Waals surface area contributed by atoms with E-state index in [1.165, 1.54) is 0 Å². The Morgan fingerprint density at radius 2 is 1.44 bits per heavy atom. The summed E-state index contributed by atoms with van der Waals surface area (Å²) in [5.41, 5.74) is 6.77. The minimum Gasteiger partial charge on any atom is -0.350 e. The zero-order chi connectivity index (χ0) is 31.0. The number of rotatable bonds is 8. The number of anilines is 2. The van der Waals surface area contributed by atoms with Gasteiger partial charge in [-0.05, 0) is 71.7 Å². The number of amides is 3. The first-order chi connectivity index (χ1) is 22.1. The molecule has 5 aromatic rings. The van der Waals surface area contributed by atoms with Gasteiger partial charge in [0.1, 0.15) is 0 Å². The van der Waals surface area contributed by atoms with E-state index in [2.05, 4.69) is 15.6 Å². The summed E-state index contributed by atoms with van der Waals surface area (Å²) in [6.45, 7) is 0.832. The van der Waals surface area contributed by atoms with Crippen LogP contribution in [0.4, 0.5) is 11.4 Å². The van der Waals surface area contributed by atoms with Gasteiger partial charge in [-0.25, -0.2) is 0 Å². The molecule has 0 saturated carbocycles. The van der Waals surface area contributed by atoms with Gasteiger partial charge in [0, 0.05) is 35.1 Å². The number of hydrogen-bond donors (Lipinski definition) is 2. The highest BCUT2D eigenvalue weighted by Crippen LogP contribution is 2.33. The maximum Gasteiger partial charge on any atom is 0.258 e. The van der Waals surface area contributed by atoms with Gasteiger partial charge in [0.25, 0.3) is 11.8 Å². The summed E-state index contributed by atoms with van der Waals surface area (Å²) in [5.74, 6) is -0.479. The van der Waals surface area contributed by atoms with Crippen LogP contribution in [0.25, 0.3) is 16.7 Å². The van der Waals surface area contributed by atoms with Crippen molar-refractivity contribution in [3.63, 3.8) is 0 Å². The molecule has 3 amide bonds. The van der Waals surface area contributed by atoms with Crippen molar-refractivity contribution >= 4 is 34.7 Å². The van der Waals surface area contributed by atoms with Crippen molar-refractivity contribution in [2.45, 2.75) is 19.4 Å². The summed E-state index contributed by atoms with van der Waals surface area (Å²) < 4.78 is 0. The molecule has 7 nitrogen and oxygen atoms in total. The standard InChI is InChI=1S/C38H32N4O3/c43-36(40-26-31-14-8-9-23-39-31)25-29-13-10-24-42(35-18-7-6-16-33(29)35)38(45)28-19-21-30(22-20-28)41-37(44)34-17-5-4-15-32(34)27-11-2-1-3-12-27/h1-9,11-23H,10,24-26H2,(H,40,43)(H,41,44). The predicted octanol–water partition coefficient (Wildman–Crippen LogP) is 7.14. The van der Waals surface area contributed by atoms with E-state index >= 15 is 0 Å². The number of nitrogens with one attached hydrogen (secondary N) is 2. The lowest BCUT2D eigenvalue weighted by Gasteiger charge is -2.24. The monoisotopic (exact) mass is 592 g/mol.